The van der Waals surface area contributed by atoms with Crippen molar-refractivity contribution in [3.05, 3.63) is 81.4 Å². The molecule has 36 heavy (non-hydrogen) atoms. The number of amidine groups is 1. The molecule has 0 amide bonds. The van der Waals surface area contributed by atoms with E-state index in [4.69, 9.17) is 32.0 Å². The zero-order valence-electron chi connectivity index (χ0n) is 20.0. The number of rotatable bonds is 5. The number of halogens is 2. The molecule has 0 unspecified atom stereocenters. The molecule has 2 aliphatic heterocycles. The Labute approximate surface area is 213 Å². The van der Waals surface area contributed by atoms with E-state index in [9.17, 15) is 4.39 Å². The lowest BCUT2D eigenvalue weighted by atomic mass is 9.88. The van der Waals surface area contributed by atoms with Gasteiger partial charge in [-0.05, 0) is 74.7 Å². The molecule has 1 saturated heterocycles. The highest BCUT2D eigenvalue weighted by molar-refractivity contribution is 6.30. The van der Waals surface area contributed by atoms with Crippen LogP contribution in [0.25, 0.3) is 0 Å². The zero-order chi connectivity index (χ0) is 25.4. The van der Waals surface area contributed by atoms with E-state index in [-0.39, 0.29) is 11.8 Å². The second-order valence-electron chi connectivity index (χ2n) is 9.34. The van der Waals surface area contributed by atoms with Crippen LogP contribution in [0.2, 0.25) is 5.02 Å². The minimum Gasteiger partial charge on any atom is -0.444 e. The van der Waals surface area contributed by atoms with E-state index in [2.05, 4.69) is 26.3 Å². The zero-order valence-corrected chi connectivity index (χ0v) is 20.8. The molecule has 1 atom stereocenters. The van der Waals surface area contributed by atoms with Gasteiger partial charge < -0.3 is 20.4 Å². The number of fused-ring (bicyclic) bond motifs is 1. The van der Waals surface area contributed by atoms with E-state index in [0.717, 1.165) is 42.8 Å². The largest absolute Gasteiger partial charge is 0.444 e. The van der Waals surface area contributed by atoms with Gasteiger partial charge in [0.2, 0.25) is 0 Å². The Balaban J connectivity index is 1.28. The highest BCUT2D eigenvalue weighted by Crippen LogP contribution is 2.49. The fourth-order valence-electron chi connectivity index (χ4n) is 4.89. The third-order valence-corrected chi connectivity index (χ3v) is 7.12. The van der Waals surface area contributed by atoms with Gasteiger partial charge in [-0.3, -0.25) is 4.90 Å². The van der Waals surface area contributed by atoms with Crippen LogP contribution in [0.4, 0.5) is 4.39 Å². The highest BCUT2D eigenvalue weighted by atomic mass is 35.5. The Bertz CT molecular complexity index is 1330. The summed E-state index contributed by atoms with van der Waals surface area (Å²) in [7, 11) is 0. The number of piperidine rings is 1. The second kappa shape index (κ2) is 9.55. The minimum absolute atomic E-state index is 0.0607. The number of benzene rings is 2. The van der Waals surface area contributed by atoms with Crippen molar-refractivity contribution >= 4 is 17.4 Å². The van der Waals surface area contributed by atoms with Gasteiger partial charge in [-0.15, -0.1) is 5.10 Å². The molecule has 3 N–H and O–H groups in total. The Morgan fingerprint density at radius 3 is 2.69 bits per heavy atom. The molecule has 3 aromatic rings. The average molecular weight is 512 g/mol. The van der Waals surface area contributed by atoms with Crippen molar-refractivity contribution in [2.75, 3.05) is 13.1 Å². The monoisotopic (exact) mass is 511 g/mol. The normalized spacial score (nSPS) is 20.6. The number of hydrogen-bond donors (Lipinski definition) is 2. The van der Waals surface area contributed by atoms with Crippen LogP contribution in [0.3, 0.4) is 0 Å². The van der Waals surface area contributed by atoms with Crippen LogP contribution in [-0.4, -0.2) is 39.2 Å². The van der Waals surface area contributed by atoms with E-state index in [0.29, 0.717) is 34.3 Å². The molecule has 8 nitrogen and oxygen atoms in total. The van der Waals surface area contributed by atoms with Crippen LogP contribution in [-0.2, 0) is 12.3 Å². The van der Waals surface area contributed by atoms with Crippen LogP contribution in [0.5, 0.6) is 11.5 Å². The standard InChI is InChI=1S/C26H27ClFN5O3/c1-15-12-21(25(29)32-34)30-31-22(15)14-33-10-8-16(9-11-33)18-4-3-5-23-24(18)36-26(2,35-23)19-7-6-17(27)13-20(19)28/h3-7,12-13,16,34H,8-11,14H2,1-2H3,(H2,29,32)/t26-/m0/s1. The first-order valence-electron chi connectivity index (χ1n) is 11.8. The Morgan fingerprint density at radius 2 is 2.00 bits per heavy atom. The van der Waals surface area contributed by atoms with Gasteiger partial charge in [0.25, 0.3) is 5.79 Å². The Hall–Kier alpha value is -3.43. The molecule has 2 aliphatic rings. The van der Waals surface area contributed by atoms with Gasteiger partial charge in [0.15, 0.2) is 17.3 Å². The summed E-state index contributed by atoms with van der Waals surface area (Å²) in [6.45, 7) is 6.08. The summed E-state index contributed by atoms with van der Waals surface area (Å²) in [5, 5.41) is 20.5. The van der Waals surface area contributed by atoms with Gasteiger partial charge in [0.1, 0.15) is 11.5 Å². The summed E-state index contributed by atoms with van der Waals surface area (Å²) in [6.07, 6.45) is 1.86. The van der Waals surface area contributed by atoms with E-state index < -0.39 is 11.6 Å². The van der Waals surface area contributed by atoms with E-state index in [1.807, 2.05) is 19.1 Å². The third kappa shape index (κ3) is 4.56. The maximum absolute atomic E-state index is 14.7. The average Bonchev–Trinajstić information content (AvgIpc) is 3.22. The number of aryl methyl sites for hydroxylation is 1. The highest BCUT2D eigenvalue weighted by Gasteiger charge is 2.42. The van der Waals surface area contributed by atoms with Crippen LogP contribution in [0, 0.1) is 12.7 Å². The molecule has 0 bridgehead atoms. The summed E-state index contributed by atoms with van der Waals surface area (Å²) in [6, 6.07) is 12.1. The second-order valence-corrected chi connectivity index (χ2v) is 9.78. The maximum atomic E-state index is 14.7. The maximum Gasteiger partial charge on any atom is 0.278 e. The molecule has 5 rings (SSSR count). The molecule has 0 saturated carbocycles. The van der Waals surface area contributed by atoms with Crippen molar-refractivity contribution in [3.8, 4) is 11.5 Å². The van der Waals surface area contributed by atoms with Crippen LogP contribution >= 0.6 is 11.6 Å². The van der Waals surface area contributed by atoms with Crippen molar-refractivity contribution in [3.63, 3.8) is 0 Å². The number of oxime groups is 1. The van der Waals surface area contributed by atoms with Crippen molar-refractivity contribution in [2.24, 2.45) is 10.9 Å². The molecule has 3 heterocycles. The molecular formula is C26H27ClFN5O3. The van der Waals surface area contributed by atoms with Crippen molar-refractivity contribution < 1.29 is 19.1 Å². The fourth-order valence-corrected chi connectivity index (χ4v) is 5.05. The summed E-state index contributed by atoms with van der Waals surface area (Å²) in [4.78, 5) is 2.34. The predicted octanol–water partition coefficient (Wildman–Crippen LogP) is 4.70. The Morgan fingerprint density at radius 1 is 1.22 bits per heavy atom. The summed E-state index contributed by atoms with van der Waals surface area (Å²) < 4.78 is 27.1. The van der Waals surface area contributed by atoms with Crippen LogP contribution in [0.1, 0.15) is 53.8 Å². The van der Waals surface area contributed by atoms with Gasteiger partial charge >= 0.3 is 0 Å². The van der Waals surface area contributed by atoms with Crippen molar-refractivity contribution in [1.82, 2.24) is 15.1 Å². The molecule has 10 heteroatoms. The van der Waals surface area contributed by atoms with E-state index >= 15 is 0 Å². The Kier molecular flexibility index (Phi) is 6.44. The number of nitrogens with zero attached hydrogens (tertiary/aromatic N) is 4. The molecule has 0 radical (unpaired) electrons. The van der Waals surface area contributed by atoms with E-state index in [1.54, 1.807) is 25.1 Å². The van der Waals surface area contributed by atoms with Gasteiger partial charge in [0.05, 0.1) is 11.3 Å². The first kappa shape index (κ1) is 24.3. The van der Waals surface area contributed by atoms with Crippen molar-refractivity contribution in [2.45, 2.75) is 44.9 Å². The smallest absolute Gasteiger partial charge is 0.278 e. The molecular weight excluding hydrogens is 485 g/mol. The first-order chi connectivity index (χ1) is 17.3. The fraction of sp³-hybridized carbons (Fsp3) is 0.346. The quantitative estimate of drug-likeness (QED) is 0.221. The number of nitrogens with two attached hydrogens (primary N) is 1. The lowest BCUT2D eigenvalue weighted by Gasteiger charge is -2.32. The topological polar surface area (TPSA) is 106 Å². The molecule has 188 valence electrons. The van der Waals surface area contributed by atoms with Crippen LogP contribution in [0.15, 0.2) is 47.6 Å². The molecule has 0 spiro atoms. The number of aromatic nitrogens is 2. The summed E-state index contributed by atoms with van der Waals surface area (Å²) in [5.41, 5.74) is 9.14. The third-order valence-electron chi connectivity index (χ3n) is 6.89. The van der Waals surface area contributed by atoms with Crippen molar-refractivity contribution in [1.29, 1.82) is 0 Å². The number of ether oxygens (including phenoxy) is 2. The van der Waals surface area contributed by atoms with Gasteiger partial charge in [-0.25, -0.2) is 4.39 Å². The van der Waals surface area contributed by atoms with Gasteiger partial charge in [-0.2, -0.15) is 5.10 Å². The predicted molar refractivity (Wildman–Crippen MR) is 133 cm³/mol. The SMILES string of the molecule is Cc1cc(/C(N)=N/O)nnc1CN1CCC(c2cccc3c2O[C@@](C)(c2ccc(Cl)cc2F)O3)CC1. The number of hydrogen-bond acceptors (Lipinski definition) is 7. The molecule has 0 aliphatic carbocycles. The number of likely N-dealkylation sites (tertiary alicyclic amines) is 1. The van der Waals surface area contributed by atoms with Gasteiger partial charge in [-0.1, -0.05) is 28.9 Å². The first-order valence-corrected chi connectivity index (χ1v) is 12.1. The lowest BCUT2D eigenvalue weighted by molar-refractivity contribution is -0.0712. The molecule has 1 fully saturated rings. The summed E-state index contributed by atoms with van der Waals surface area (Å²) >= 11 is 5.93. The lowest BCUT2D eigenvalue weighted by Crippen LogP contribution is -2.34. The minimum atomic E-state index is -1.26. The summed E-state index contributed by atoms with van der Waals surface area (Å²) in [5.74, 6) is -0.218. The molecule has 2 aromatic carbocycles. The number of para-hydroxylation sites is 1. The van der Waals surface area contributed by atoms with Gasteiger partial charge in [0, 0.05) is 24.1 Å². The van der Waals surface area contributed by atoms with Crippen LogP contribution < -0.4 is 15.2 Å². The van der Waals surface area contributed by atoms with E-state index in [1.165, 1.54) is 6.07 Å². The molecule has 1 aromatic heterocycles.